The predicted octanol–water partition coefficient (Wildman–Crippen LogP) is 4.46. The minimum Gasteiger partial charge on any atom is -0.508 e. The third-order valence-electron chi connectivity index (χ3n) is 3.75. The van der Waals surface area contributed by atoms with Crippen molar-refractivity contribution in [2.45, 2.75) is 25.9 Å². The number of benzene rings is 2. The number of aromatic nitrogens is 2. The average molecular weight is 343 g/mol. The maximum absolute atomic E-state index is 13.3. The summed E-state index contributed by atoms with van der Waals surface area (Å²) in [6.45, 7) is 4.04. The third-order valence-corrected chi connectivity index (χ3v) is 4.91. The van der Waals surface area contributed by atoms with Crippen LogP contribution >= 0.6 is 11.3 Å². The monoisotopic (exact) mass is 343 g/mol. The Morgan fingerprint density at radius 3 is 2.58 bits per heavy atom. The molecule has 6 heteroatoms. The largest absolute Gasteiger partial charge is 0.508 e. The second-order valence-electron chi connectivity index (χ2n) is 5.66. The van der Waals surface area contributed by atoms with Gasteiger partial charge in [0.15, 0.2) is 0 Å². The van der Waals surface area contributed by atoms with E-state index >= 15 is 0 Å². The lowest BCUT2D eigenvalue weighted by molar-refractivity contribution is 0.465. The van der Waals surface area contributed by atoms with Gasteiger partial charge in [-0.2, -0.15) is 0 Å². The summed E-state index contributed by atoms with van der Waals surface area (Å²) in [6.07, 6.45) is 0. The van der Waals surface area contributed by atoms with Gasteiger partial charge in [-0.3, -0.25) is 0 Å². The summed E-state index contributed by atoms with van der Waals surface area (Å²) in [5, 5.41) is 22.9. The summed E-state index contributed by atoms with van der Waals surface area (Å²) in [5.41, 5.74) is 1.73. The third kappa shape index (κ3) is 3.77. The first-order valence-corrected chi connectivity index (χ1v) is 8.49. The Bertz CT molecular complexity index is 836. The number of nitrogens with one attached hydrogen (secondary N) is 1. The normalized spacial score (nSPS) is 13.6. The summed E-state index contributed by atoms with van der Waals surface area (Å²) in [7, 11) is 0. The number of aromatic hydroxyl groups is 1. The Morgan fingerprint density at radius 1 is 1.04 bits per heavy atom. The maximum Gasteiger partial charge on any atom is 0.147 e. The molecule has 3 aromatic rings. The van der Waals surface area contributed by atoms with E-state index in [9.17, 15) is 9.50 Å². The van der Waals surface area contributed by atoms with Crippen LogP contribution in [0, 0.1) is 5.82 Å². The van der Waals surface area contributed by atoms with Gasteiger partial charge in [-0.1, -0.05) is 35.6 Å². The zero-order valence-electron chi connectivity index (χ0n) is 13.4. The van der Waals surface area contributed by atoms with Gasteiger partial charge in [-0.15, -0.1) is 10.2 Å². The molecule has 124 valence electrons. The lowest BCUT2D eigenvalue weighted by atomic mass is 10.1. The molecule has 0 bridgehead atoms. The molecule has 0 radical (unpaired) electrons. The van der Waals surface area contributed by atoms with Gasteiger partial charge in [0.2, 0.25) is 0 Å². The van der Waals surface area contributed by atoms with E-state index in [0.29, 0.717) is 5.01 Å². The molecular weight excluding hydrogens is 325 g/mol. The number of hydrogen-bond acceptors (Lipinski definition) is 5. The van der Waals surface area contributed by atoms with Crippen molar-refractivity contribution in [3.8, 4) is 16.3 Å². The zero-order chi connectivity index (χ0) is 17.1. The van der Waals surface area contributed by atoms with Crippen molar-refractivity contribution in [3.05, 3.63) is 64.9 Å². The topological polar surface area (TPSA) is 58.0 Å². The highest BCUT2D eigenvalue weighted by Gasteiger charge is 2.16. The lowest BCUT2D eigenvalue weighted by Gasteiger charge is -2.18. The molecule has 4 nitrogen and oxygen atoms in total. The van der Waals surface area contributed by atoms with E-state index in [4.69, 9.17) is 0 Å². The van der Waals surface area contributed by atoms with Crippen molar-refractivity contribution in [3.63, 3.8) is 0 Å². The van der Waals surface area contributed by atoms with Gasteiger partial charge < -0.3 is 10.4 Å². The second kappa shape index (κ2) is 7.07. The van der Waals surface area contributed by atoms with Crippen LogP contribution in [-0.4, -0.2) is 15.3 Å². The van der Waals surface area contributed by atoms with Gasteiger partial charge in [0.25, 0.3) is 0 Å². The fourth-order valence-electron chi connectivity index (χ4n) is 2.48. The smallest absolute Gasteiger partial charge is 0.147 e. The lowest BCUT2D eigenvalue weighted by Crippen LogP contribution is -2.22. The van der Waals surface area contributed by atoms with Crippen molar-refractivity contribution < 1.29 is 9.50 Å². The first-order valence-electron chi connectivity index (χ1n) is 7.67. The van der Waals surface area contributed by atoms with Crippen molar-refractivity contribution >= 4 is 11.3 Å². The molecule has 0 aliphatic heterocycles. The molecule has 0 aliphatic carbocycles. The summed E-state index contributed by atoms with van der Waals surface area (Å²) in [5.74, 6) is -0.0361. The van der Waals surface area contributed by atoms with E-state index in [-0.39, 0.29) is 23.7 Å². The summed E-state index contributed by atoms with van der Waals surface area (Å²) in [6, 6.07) is 13.6. The highest BCUT2D eigenvalue weighted by atomic mass is 32.1. The van der Waals surface area contributed by atoms with Crippen molar-refractivity contribution in [1.82, 2.24) is 15.5 Å². The number of phenols is 1. The molecule has 0 aliphatic rings. The quantitative estimate of drug-likeness (QED) is 0.718. The highest BCUT2D eigenvalue weighted by Crippen LogP contribution is 2.28. The molecule has 0 amide bonds. The molecule has 3 rings (SSSR count). The van der Waals surface area contributed by atoms with Crippen LogP contribution in [0.25, 0.3) is 10.6 Å². The van der Waals surface area contributed by atoms with Crippen molar-refractivity contribution in [2.75, 3.05) is 0 Å². The number of rotatable bonds is 5. The van der Waals surface area contributed by atoms with E-state index in [0.717, 1.165) is 16.1 Å². The van der Waals surface area contributed by atoms with E-state index in [1.807, 2.05) is 32.0 Å². The molecule has 2 aromatic carbocycles. The number of nitrogens with zero attached hydrogens (tertiary/aromatic N) is 2. The van der Waals surface area contributed by atoms with Crippen LogP contribution < -0.4 is 5.32 Å². The van der Waals surface area contributed by atoms with Crippen molar-refractivity contribution in [2.24, 2.45) is 0 Å². The molecule has 0 spiro atoms. The Kier molecular flexibility index (Phi) is 4.87. The minimum absolute atomic E-state index is 0.0119. The Labute approximate surface area is 144 Å². The fourth-order valence-corrected chi connectivity index (χ4v) is 3.34. The van der Waals surface area contributed by atoms with Crippen LogP contribution in [0.5, 0.6) is 5.75 Å². The molecule has 0 saturated heterocycles. The number of halogens is 1. The van der Waals surface area contributed by atoms with Crippen LogP contribution in [0.3, 0.4) is 0 Å². The predicted molar refractivity (Wildman–Crippen MR) is 93.4 cm³/mol. The number of phenolic OH excluding ortho intramolecular Hbond substituents is 1. The molecule has 1 heterocycles. The summed E-state index contributed by atoms with van der Waals surface area (Å²) in [4.78, 5) is 0. The fraction of sp³-hybridized carbons (Fsp3) is 0.222. The van der Waals surface area contributed by atoms with E-state index in [1.165, 1.54) is 23.5 Å². The first kappa shape index (κ1) is 16.5. The van der Waals surface area contributed by atoms with Gasteiger partial charge in [-0.25, -0.2) is 4.39 Å². The molecule has 0 saturated carbocycles. The van der Waals surface area contributed by atoms with Crippen LogP contribution in [0.15, 0.2) is 48.5 Å². The average Bonchev–Trinajstić information content (AvgIpc) is 3.05. The van der Waals surface area contributed by atoms with Gasteiger partial charge in [0.1, 0.15) is 21.6 Å². The molecule has 1 aromatic heterocycles. The SMILES string of the molecule is C[C@H](N[C@@H](C)c1nnc(-c2cccc(F)c2)s1)c1cccc(O)c1. The summed E-state index contributed by atoms with van der Waals surface area (Å²) >= 11 is 1.44. The Balaban J connectivity index is 1.73. The van der Waals surface area contributed by atoms with Gasteiger partial charge in [0.05, 0.1) is 6.04 Å². The molecular formula is C18H18FN3OS. The van der Waals surface area contributed by atoms with Crippen LogP contribution in [0.1, 0.15) is 36.5 Å². The standard InChI is InChI=1S/C18H18FN3OS/c1-11(13-5-4-8-16(23)10-13)20-12(2)17-21-22-18(24-17)14-6-3-7-15(19)9-14/h3-12,20,23H,1-2H3/t11-,12-/m0/s1. The van der Waals surface area contributed by atoms with Gasteiger partial charge in [-0.05, 0) is 43.7 Å². The molecule has 0 unspecified atom stereocenters. The second-order valence-corrected chi connectivity index (χ2v) is 6.67. The van der Waals surface area contributed by atoms with E-state index in [1.54, 1.807) is 18.2 Å². The molecule has 2 atom stereocenters. The van der Waals surface area contributed by atoms with E-state index in [2.05, 4.69) is 15.5 Å². The maximum atomic E-state index is 13.3. The Morgan fingerprint density at radius 2 is 1.83 bits per heavy atom. The molecule has 0 fully saturated rings. The molecule has 24 heavy (non-hydrogen) atoms. The van der Waals surface area contributed by atoms with Crippen LogP contribution in [0.2, 0.25) is 0 Å². The summed E-state index contributed by atoms with van der Waals surface area (Å²) < 4.78 is 13.3. The highest BCUT2D eigenvalue weighted by molar-refractivity contribution is 7.14. The first-order chi connectivity index (χ1) is 11.5. The van der Waals surface area contributed by atoms with Crippen LogP contribution in [-0.2, 0) is 0 Å². The van der Waals surface area contributed by atoms with Crippen molar-refractivity contribution in [1.29, 1.82) is 0 Å². The Hall–Kier alpha value is -2.31. The molecule has 2 N–H and O–H groups in total. The van der Waals surface area contributed by atoms with Gasteiger partial charge in [0, 0.05) is 11.6 Å². The van der Waals surface area contributed by atoms with Gasteiger partial charge >= 0.3 is 0 Å². The van der Waals surface area contributed by atoms with Crippen LogP contribution in [0.4, 0.5) is 4.39 Å². The van der Waals surface area contributed by atoms with E-state index < -0.39 is 0 Å². The minimum atomic E-state index is -0.284. The zero-order valence-corrected chi connectivity index (χ0v) is 14.2. The number of hydrogen-bond donors (Lipinski definition) is 2.